The van der Waals surface area contributed by atoms with E-state index in [2.05, 4.69) is 6.92 Å². The van der Waals surface area contributed by atoms with Gasteiger partial charge in [-0.1, -0.05) is 58.2 Å². The summed E-state index contributed by atoms with van der Waals surface area (Å²) >= 11 is 0. The Hall–Kier alpha value is -0.465. The van der Waals surface area contributed by atoms with E-state index in [0.717, 1.165) is 37.9 Å². The molecule has 0 heterocycles. The van der Waals surface area contributed by atoms with Crippen LogP contribution in [0.2, 0.25) is 6.32 Å². The van der Waals surface area contributed by atoms with Gasteiger partial charge in [-0.2, -0.15) is 0 Å². The van der Waals surface area contributed by atoms with Crippen molar-refractivity contribution >= 4 is 13.8 Å². The van der Waals surface area contributed by atoms with E-state index in [4.69, 9.17) is 12.6 Å². The van der Waals surface area contributed by atoms with E-state index >= 15 is 0 Å². The third-order valence-electron chi connectivity index (χ3n) is 5.43. The predicted octanol–water partition coefficient (Wildman–Crippen LogP) is 4.67. The fourth-order valence-electron chi connectivity index (χ4n) is 3.80. The van der Waals surface area contributed by atoms with E-state index in [0.29, 0.717) is 12.0 Å². The van der Waals surface area contributed by atoms with Crippen LogP contribution in [0.4, 0.5) is 0 Å². The lowest BCUT2D eigenvalue weighted by Crippen LogP contribution is -2.10. The van der Waals surface area contributed by atoms with Crippen molar-refractivity contribution in [1.29, 1.82) is 0 Å². The molecule has 2 aliphatic rings. The molecule has 0 aromatic carbocycles. The molecule has 3 unspecified atom stereocenters. The van der Waals surface area contributed by atoms with Gasteiger partial charge < -0.3 is 4.74 Å². The molecule has 0 saturated heterocycles. The van der Waals surface area contributed by atoms with Crippen LogP contribution in [0.5, 0.6) is 0 Å². The highest BCUT2D eigenvalue weighted by Crippen LogP contribution is 2.76. The molecular formula is C18H31BO2. The van der Waals surface area contributed by atoms with E-state index in [1.54, 1.807) is 0 Å². The molecule has 0 aromatic heterocycles. The summed E-state index contributed by atoms with van der Waals surface area (Å²) in [5, 5.41) is 0. The van der Waals surface area contributed by atoms with Crippen molar-refractivity contribution in [2.24, 2.45) is 17.3 Å². The van der Waals surface area contributed by atoms with Gasteiger partial charge in [-0.3, -0.25) is 4.79 Å². The number of rotatable bonds is 12. The Morgan fingerprint density at radius 3 is 2.62 bits per heavy atom. The van der Waals surface area contributed by atoms with Crippen LogP contribution in [-0.2, 0) is 9.53 Å². The van der Waals surface area contributed by atoms with Crippen LogP contribution in [0.15, 0.2) is 0 Å². The Kier molecular flexibility index (Phi) is 6.63. The third-order valence-corrected chi connectivity index (χ3v) is 5.43. The minimum atomic E-state index is 0.0925. The van der Waals surface area contributed by atoms with Gasteiger partial charge in [0, 0.05) is 0 Å². The second-order valence-corrected chi connectivity index (χ2v) is 7.11. The molecule has 0 aromatic rings. The normalized spacial score (nSPS) is 29.6. The zero-order chi connectivity index (χ0) is 15.1. The summed E-state index contributed by atoms with van der Waals surface area (Å²) in [6, 6.07) is 0. The molecule has 1 spiro atoms. The van der Waals surface area contributed by atoms with Crippen LogP contribution < -0.4 is 0 Å². The Morgan fingerprint density at radius 2 is 1.86 bits per heavy atom. The van der Waals surface area contributed by atoms with Gasteiger partial charge in [0.05, 0.1) is 20.4 Å². The van der Waals surface area contributed by atoms with Crippen LogP contribution in [0.1, 0.15) is 77.6 Å². The predicted molar refractivity (Wildman–Crippen MR) is 87.4 cm³/mol. The molecule has 0 amide bonds. The molecule has 2 nitrogen and oxygen atoms in total. The Labute approximate surface area is 131 Å². The molecule has 0 aliphatic heterocycles. The summed E-state index contributed by atoms with van der Waals surface area (Å²) in [5.41, 5.74) is 0.409. The lowest BCUT2D eigenvalue weighted by Gasteiger charge is -2.04. The number of hydrogen-bond acceptors (Lipinski definition) is 2. The lowest BCUT2D eigenvalue weighted by molar-refractivity contribution is -0.145. The fourth-order valence-corrected chi connectivity index (χ4v) is 3.80. The zero-order valence-electron chi connectivity index (χ0n) is 13.7. The van der Waals surface area contributed by atoms with Gasteiger partial charge in [-0.15, -0.1) is 0 Å². The van der Waals surface area contributed by atoms with E-state index in [-0.39, 0.29) is 11.9 Å². The molecule has 3 heteroatoms. The van der Waals surface area contributed by atoms with Gasteiger partial charge in [0.1, 0.15) is 0 Å². The van der Waals surface area contributed by atoms with Crippen molar-refractivity contribution in [3.8, 4) is 0 Å². The Morgan fingerprint density at radius 1 is 1.10 bits per heavy atom. The second-order valence-electron chi connectivity index (χ2n) is 7.11. The average Bonchev–Trinajstić information content (AvgIpc) is 3.37. The highest BCUT2D eigenvalue weighted by atomic mass is 16.5. The van der Waals surface area contributed by atoms with Crippen molar-refractivity contribution < 1.29 is 9.53 Å². The smallest absolute Gasteiger partial charge is 0.309 e. The summed E-state index contributed by atoms with van der Waals surface area (Å²) in [5.74, 6) is 1.18. The van der Waals surface area contributed by atoms with Crippen molar-refractivity contribution in [2.75, 3.05) is 6.61 Å². The zero-order valence-corrected chi connectivity index (χ0v) is 13.7. The van der Waals surface area contributed by atoms with Crippen molar-refractivity contribution in [3.05, 3.63) is 0 Å². The van der Waals surface area contributed by atoms with Crippen LogP contribution in [-0.4, -0.2) is 20.4 Å². The third kappa shape index (κ3) is 4.76. The van der Waals surface area contributed by atoms with E-state index in [9.17, 15) is 4.79 Å². The standard InChI is InChI=1S/C18H31BO2/c1-2-3-7-10-15-13-18(15)14-16(18)17(20)21-12-9-6-4-5-8-11-19/h15-16H,2-14H2,1H3. The fraction of sp³-hybridized carbons (Fsp3) is 0.944. The Bertz CT molecular complexity index is 331. The maximum atomic E-state index is 12.0. The summed E-state index contributed by atoms with van der Waals surface area (Å²) < 4.78 is 5.46. The van der Waals surface area contributed by atoms with Gasteiger partial charge in [0.25, 0.3) is 0 Å². The highest BCUT2D eigenvalue weighted by Gasteiger charge is 2.72. The van der Waals surface area contributed by atoms with Crippen molar-refractivity contribution in [1.82, 2.24) is 0 Å². The number of carbonyl (C=O) groups excluding carboxylic acids is 1. The number of carbonyl (C=O) groups is 1. The maximum Gasteiger partial charge on any atom is 0.309 e. The van der Waals surface area contributed by atoms with Crippen LogP contribution in [0, 0.1) is 17.3 Å². The van der Waals surface area contributed by atoms with Gasteiger partial charge in [0.15, 0.2) is 0 Å². The molecule has 2 radical (unpaired) electrons. The molecule has 21 heavy (non-hydrogen) atoms. The molecule has 118 valence electrons. The summed E-state index contributed by atoms with van der Waals surface area (Å²) in [6.07, 6.45) is 14.2. The van der Waals surface area contributed by atoms with E-state index < -0.39 is 0 Å². The SMILES string of the molecule is [B]CCCCCCCOC(=O)C1CC12CC2CCCCC. The minimum Gasteiger partial charge on any atom is -0.465 e. The van der Waals surface area contributed by atoms with Gasteiger partial charge in [0.2, 0.25) is 0 Å². The van der Waals surface area contributed by atoms with Crippen LogP contribution in [0.25, 0.3) is 0 Å². The molecule has 2 saturated carbocycles. The lowest BCUT2D eigenvalue weighted by atomic mass is 9.99. The number of unbranched alkanes of at least 4 members (excludes halogenated alkanes) is 6. The average molecular weight is 290 g/mol. The first-order chi connectivity index (χ1) is 10.2. The Balaban J connectivity index is 1.48. The summed E-state index contributed by atoms with van der Waals surface area (Å²) in [7, 11) is 5.46. The van der Waals surface area contributed by atoms with E-state index in [1.807, 2.05) is 0 Å². The van der Waals surface area contributed by atoms with Crippen LogP contribution >= 0.6 is 0 Å². The molecule has 0 N–H and O–H groups in total. The van der Waals surface area contributed by atoms with Crippen molar-refractivity contribution in [2.45, 2.75) is 83.9 Å². The first-order valence-corrected chi connectivity index (χ1v) is 9.11. The molecule has 2 fully saturated rings. The molecule has 3 atom stereocenters. The monoisotopic (exact) mass is 290 g/mol. The quantitative estimate of drug-likeness (QED) is 0.296. The molecule has 2 rings (SSSR count). The summed E-state index contributed by atoms with van der Waals surface area (Å²) in [4.78, 5) is 12.0. The topological polar surface area (TPSA) is 26.3 Å². The van der Waals surface area contributed by atoms with Gasteiger partial charge in [-0.05, 0) is 37.0 Å². The maximum absolute atomic E-state index is 12.0. The van der Waals surface area contributed by atoms with Gasteiger partial charge >= 0.3 is 5.97 Å². The van der Waals surface area contributed by atoms with E-state index in [1.165, 1.54) is 44.9 Å². The summed E-state index contributed by atoms with van der Waals surface area (Å²) in [6.45, 7) is 2.87. The number of esters is 1. The number of hydrogen-bond donors (Lipinski definition) is 0. The second kappa shape index (κ2) is 8.24. The largest absolute Gasteiger partial charge is 0.465 e. The molecule has 2 aliphatic carbocycles. The first-order valence-electron chi connectivity index (χ1n) is 9.11. The highest BCUT2D eigenvalue weighted by molar-refractivity contribution is 6.08. The van der Waals surface area contributed by atoms with Crippen LogP contribution in [0.3, 0.4) is 0 Å². The molecule has 0 bridgehead atoms. The molecular weight excluding hydrogens is 259 g/mol. The number of ether oxygens (including phenoxy) is 1. The minimum absolute atomic E-state index is 0.0925. The van der Waals surface area contributed by atoms with Crippen molar-refractivity contribution in [3.63, 3.8) is 0 Å². The van der Waals surface area contributed by atoms with Gasteiger partial charge in [-0.25, -0.2) is 0 Å². The first kappa shape index (κ1) is 16.9.